The van der Waals surface area contributed by atoms with E-state index in [1.54, 1.807) is 12.1 Å². The van der Waals surface area contributed by atoms with E-state index >= 15 is 0 Å². The molecular weight excluding hydrogens is 288 g/mol. The molecule has 0 fully saturated rings. The van der Waals surface area contributed by atoms with Gasteiger partial charge in [-0.25, -0.2) is 0 Å². The van der Waals surface area contributed by atoms with Crippen molar-refractivity contribution in [2.24, 2.45) is 5.73 Å². The maximum absolute atomic E-state index is 12.3. The second-order valence-electron chi connectivity index (χ2n) is 4.96. The molecule has 1 heterocycles. The lowest BCUT2D eigenvalue weighted by Crippen LogP contribution is -2.17. The van der Waals surface area contributed by atoms with Crippen LogP contribution in [-0.2, 0) is 16.0 Å². The highest BCUT2D eigenvalue weighted by molar-refractivity contribution is 6.32. The van der Waals surface area contributed by atoms with Crippen LogP contribution >= 0.6 is 11.6 Å². The third-order valence-corrected chi connectivity index (χ3v) is 3.95. The Hall–Kier alpha value is -2.33. The molecular formula is C16H13ClN2O2. The van der Waals surface area contributed by atoms with E-state index in [-0.39, 0.29) is 12.3 Å². The van der Waals surface area contributed by atoms with Gasteiger partial charge in [0, 0.05) is 10.7 Å². The minimum Gasteiger partial charge on any atom is -0.369 e. The number of rotatable bonds is 3. The van der Waals surface area contributed by atoms with E-state index in [2.05, 4.69) is 5.32 Å². The SMILES string of the molecule is NC(=O)Cc1c(Cl)ccc2c1C(c1ccccc1)C(=O)N2. The number of carbonyl (C=O) groups excluding carboxylic acids is 2. The van der Waals surface area contributed by atoms with E-state index in [9.17, 15) is 9.59 Å². The lowest BCUT2D eigenvalue weighted by molar-refractivity contribution is -0.118. The zero-order chi connectivity index (χ0) is 15.0. The number of primary amides is 1. The lowest BCUT2D eigenvalue weighted by atomic mass is 9.88. The van der Waals surface area contributed by atoms with E-state index in [0.29, 0.717) is 16.3 Å². The Kier molecular flexibility index (Phi) is 3.39. The van der Waals surface area contributed by atoms with Crippen LogP contribution < -0.4 is 11.1 Å². The standard InChI is InChI=1S/C16H13ClN2O2/c17-11-6-7-12-15(10(11)8-13(18)20)14(16(21)19-12)9-4-2-1-3-5-9/h1-7,14H,8H2,(H2,18,20)(H,19,21). The van der Waals surface area contributed by atoms with Crippen LogP contribution in [0.4, 0.5) is 5.69 Å². The van der Waals surface area contributed by atoms with Crippen LogP contribution in [0.5, 0.6) is 0 Å². The molecule has 0 spiro atoms. The highest BCUT2D eigenvalue weighted by atomic mass is 35.5. The highest BCUT2D eigenvalue weighted by Crippen LogP contribution is 2.41. The molecule has 1 aliphatic heterocycles. The Morgan fingerprint density at radius 1 is 1.19 bits per heavy atom. The minimum absolute atomic E-state index is 0.0142. The molecule has 0 saturated heterocycles. The van der Waals surface area contributed by atoms with E-state index in [1.807, 2.05) is 30.3 Å². The Bertz CT molecular complexity index is 729. The van der Waals surface area contributed by atoms with E-state index in [0.717, 1.165) is 11.1 Å². The molecule has 4 nitrogen and oxygen atoms in total. The predicted octanol–water partition coefficient (Wildman–Crippen LogP) is 2.45. The van der Waals surface area contributed by atoms with E-state index in [1.165, 1.54) is 0 Å². The summed E-state index contributed by atoms with van der Waals surface area (Å²) in [6.07, 6.45) is 0.0142. The van der Waals surface area contributed by atoms with Crippen molar-refractivity contribution < 1.29 is 9.59 Å². The largest absolute Gasteiger partial charge is 0.369 e. The number of amides is 2. The van der Waals surface area contributed by atoms with Gasteiger partial charge in [0.2, 0.25) is 11.8 Å². The number of carbonyl (C=O) groups is 2. The van der Waals surface area contributed by atoms with Gasteiger partial charge >= 0.3 is 0 Å². The van der Waals surface area contributed by atoms with Crippen LogP contribution in [0.1, 0.15) is 22.6 Å². The summed E-state index contributed by atoms with van der Waals surface area (Å²) < 4.78 is 0. The first-order valence-electron chi connectivity index (χ1n) is 6.53. The van der Waals surface area contributed by atoms with Crippen LogP contribution in [0.2, 0.25) is 5.02 Å². The number of anilines is 1. The third kappa shape index (κ3) is 2.38. The second kappa shape index (κ2) is 5.22. The van der Waals surface area contributed by atoms with Gasteiger partial charge in [0.15, 0.2) is 0 Å². The van der Waals surface area contributed by atoms with Crippen LogP contribution in [0.3, 0.4) is 0 Å². The Balaban J connectivity index is 2.19. The fourth-order valence-electron chi connectivity index (χ4n) is 2.73. The van der Waals surface area contributed by atoms with E-state index < -0.39 is 11.8 Å². The summed E-state index contributed by atoms with van der Waals surface area (Å²) in [6.45, 7) is 0. The Labute approximate surface area is 126 Å². The number of halogens is 1. The van der Waals surface area contributed by atoms with Gasteiger partial charge in [0.05, 0.1) is 12.3 Å². The van der Waals surface area contributed by atoms with Crippen LogP contribution in [0, 0.1) is 0 Å². The van der Waals surface area contributed by atoms with Gasteiger partial charge in [0.25, 0.3) is 0 Å². The molecule has 0 bridgehead atoms. The summed E-state index contributed by atoms with van der Waals surface area (Å²) in [5.41, 5.74) is 8.22. The van der Waals surface area contributed by atoms with Crippen molar-refractivity contribution in [2.45, 2.75) is 12.3 Å². The predicted molar refractivity (Wildman–Crippen MR) is 81.3 cm³/mol. The van der Waals surface area contributed by atoms with Crippen molar-refractivity contribution in [1.82, 2.24) is 0 Å². The van der Waals surface area contributed by atoms with Crippen LogP contribution in [-0.4, -0.2) is 11.8 Å². The molecule has 0 saturated carbocycles. The van der Waals surface area contributed by atoms with Crippen molar-refractivity contribution in [3.05, 3.63) is 64.2 Å². The van der Waals surface area contributed by atoms with Crippen molar-refractivity contribution in [1.29, 1.82) is 0 Å². The number of hydrogen-bond donors (Lipinski definition) is 2. The molecule has 3 rings (SSSR count). The molecule has 5 heteroatoms. The topological polar surface area (TPSA) is 72.2 Å². The Morgan fingerprint density at radius 3 is 2.57 bits per heavy atom. The van der Waals surface area contributed by atoms with Gasteiger partial charge in [-0.3, -0.25) is 9.59 Å². The maximum atomic E-state index is 12.3. The summed E-state index contributed by atoms with van der Waals surface area (Å²) in [4.78, 5) is 23.6. The number of benzene rings is 2. The summed E-state index contributed by atoms with van der Waals surface area (Å²) in [5.74, 6) is -1.06. The van der Waals surface area contributed by atoms with Gasteiger partial charge < -0.3 is 11.1 Å². The fraction of sp³-hybridized carbons (Fsp3) is 0.125. The normalized spacial score (nSPS) is 16.4. The first kappa shape index (κ1) is 13.6. The van der Waals surface area contributed by atoms with Gasteiger partial charge in [-0.15, -0.1) is 0 Å². The molecule has 21 heavy (non-hydrogen) atoms. The van der Waals surface area contributed by atoms with Gasteiger partial charge in [0.1, 0.15) is 0 Å². The molecule has 1 atom stereocenters. The fourth-order valence-corrected chi connectivity index (χ4v) is 2.96. The molecule has 0 aromatic heterocycles. The third-order valence-electron chi connectivity index (χ3n) is 3.59. The Morgan fingerprint density at radius 2 is 1.90 bits per heavy atom. The van der Waals surface area contributed by atoms with Crippen LogP contribution in [0.15, 0.2) is 42.5 Å². The zero-order valence-corrected chi connectivity index (χ0v) is 11.9. The number of hydrogen-bond acceptors (Lipinski definition) is 2. The molecule has 1 aliphatic rings. The maximum Gasteiger partial charge on any atom is 0.236 e. The monoisotopic (exact) mass is 300 g/mol. The van der Waals surface area contributed by atoms with Crippen molar-refractivity contribution >= 4 is 29.1 Å². The van der Waals surface area contributed by atoms with Crippen molar-refractivity contribution in [3.63, 3.8) is 0 Å². The van der Waals surface area contributed by atoms with Gasteiger partial charge in [-0.05, 0) is 28.8 Å². The average Bonchev–Trinajstić information content (AvgIpc) is 2.79. The number of fused-ring (bicyclic) bond motifs is 1. The van der Waals surface area contributed by atoms with Crippen molar-refractivity contribution in [2.75, 3.05) is 5.32 Å². The van der Waals surface area contributed by atoms with Gasteiger partial charge in [-0.2, -0.15) is 0 Å². The molecule has 2 aromatic rings. The molecule has 2 aromatic carbocycles. The minimum atomic E-state index is -0.475. The molecule has 106 valence electrons. The summed E-state index contributed by atoms with van der Waals surface area (Å²) in [7, 11) is 0. The smallest absolute Gasteiger partial charge is 0.236 e. The first-order chi connectivity index (χ1) is 10.1. The average molecular weight is 301 g/mol. The molecule has 1 unspecified atom stereocenters. The van der Waals surface area contributed by atoms with E-state index in [4.69, 9.17) is 17.3 Å². The van der Waals surface area contributed by atoms with Gasteiger partial charge in [-0.1, -0.05) is 41.9 Å². The summed E-state index contributed by atoms with van der Waals surface area (Å²) in [6, 6.07) is 12.8. The molecule has 2 amide bonds. The quantitative estimate of drug-likeness (QED) is 0.914. The van der Waals surface area contributed by atoms with Crippen LogP contribution in [0.25, 0.3) is 0 Å². The molecule has 0 aliphatic carbocycles. The molecule has 3 N–H and O–H groups in total. The second-order valence-corrected chi connectivity index (χ2v) is 5.37. The number of nitrogens with two attached hydrogens (primary N) is 1. The lowest BCUT2D eigenvalue weighted by Gasteiger charge is -2.14. The number of nitrogens with one attached hydrogen (secondary N) is 1. The summed E-state index contributed by atoms with van der Waals surface area (Å²) in [5, 5.41) is 3.29. The highest BCUT2D eigenvalue weighted by Gasteiger charge is 2.35. The molecule has 0 radical (unpaired) electrons. The first-order valence-corrected chi connectivity index (χ1v) is 6.91. The zero-order valence-electron chi connectivity index (χ0n) is 11.1. The summed E-state index contributed by atoms with van der Waals surface area (Å²) >= 11 is 6.21. The van der Waals surface area contributed by atoms with Crippen molar-refractivity contribution in [3.8, 4) is 0 Å².